The SMILES string of the molecule is Cn1c(=O)c2c(ncn2CCCC(=O)Nc2cccc(CN3CCSCC3)c2)n(C)c1=O. The van der Waals surface area contributed by atoms with Gasteiger partial charge >= 0.3 is 5.69 Å². The summed E-state index contributed by atoms with van der Waals surface area (Å²) in [7, 11) is 3.04. The molecule has 1 N–H and O–H groups in total. The van der Waals surface area contributed by atoms with Gasteiger partial charge in [0, 0.05) is 63.9 Å². The number of aromatic nitrogens is 4. The first kappa shape index (κ1) is 22.3. The van der Waals surface area contributed by atoms with E-state index in [9.17, 15) is 14.4 Å². The highest BCUT2D eigenvalue weighted by atomic mass is 32.2. The van der Waals surface area contributed by atoms with Crippen LogP contribution in [0.15, 0.2) is 40.2 Å². The monoisotopic (exact) mass is 456 g/mol. The van der Waals surface area contributed by atoms with Gasteiger partial charge in [0.25, 0.3) is 5.56 Å². The molecular weight excluding hydrogens is 428 g/mol. The van der Waals surface area contributed by atoms with Crippen LogP contribution < -0.4 is 16.6 Å². The molecule has 3 heterocycles. The van der Waals surface area contributed by atoms with Crippen molar-refractivity contribution in [3.8, 4) is 0 Å². The standard InChI is InChI=1S/C22H28N6O3S/c1-25-20-19(21(30)26(2)22(25)31)28(15-23-20)8-4-7-18(29)24-17-6-3-5-16(13-17)14-27-9-11-32-12-10-27/h3,5-6,13,15H,4,7-12,14H2,1-2H3,(H,24,29). The summed E-state index contributed by atoms with van der Waals surface area (Å²) in [5, 5.41) is 2.98. The number of fused-ring (bicyclic) bond motifs is 1. The van der Waals surface area contributed by atoms with E-state index < -0.39 is 5.69 Å². The molecular formula is C22H28N6O3S. The van der Waals surface area contributed by atoms with Gasteiger partial charge < -0.3 is 9.88 Å². The van der Waals surface area contributed by atoms with Gasteiger partial charge in [-0.25, -0.2) is 9.78 Å². The van der Waals surface area contributed by atoms with Crippen LogP contribution in [-0.2, 0) is 32.0 Å². The van der Waals surface area contributed by atoms with Gasteiger partial charge in [0.05, 0.1) is 6.33 Å². The lowest BCUT2D eigenvalue weighted by atomic mass is 10.1. The molecule has 1 saturated heterocycles. The molecule has 1 aliphatic heterocycles. The smallest absolute Gasteiger partial charge is 0.326 e. The molecule has 4 rings (SSSR count). The average molecular weight is 457 g/mol. The summed E-state index contributed by atoms with van der Waals surface area (Å²) < 4.78 is 4.14. The first-order valence-corrected chi connectivity index (χ1v) is 11.9. The topological polar surface area (TPSA) is 94.2 Å². The highest BCUT2D eigenvalue weighted by molar-refractivity contribution is 7.99. The van der Waals surface area contributed by atoms with Crippen molar-refractivity contribution in [2.45, 2.75) is 25.9 Å². The Balaban J connectivity index is 1.35. The van der Waals surface area contributed by atoms with Gasteiger partial charge in [0.2, 0.25) is 5.91 Å². The van der Waals surface area contributed by atoms with Gasteiger partial charge in [-0.15, -0.1) is 0 Å². The molecule has 0 spiro atoms. The van der Waals surface area contributed by atoms with Crippen molar-refractivity contribution in [2.24, 2.45) is 14.1 Å². The molecule has 0 bridgehead atoms. The molecule has 32 heavy (non-hydrogen) atoms. The predicted octanol–water partition coefficient (Wildman–Crippen LogP) is 1.40. The van der Waals surface area contributed by atoms with Crippen molar-refractivity contribution < 1.29 is 4.79 Å². The van der Waals surface area contributed by atoms with Crippen molar-refractivity contribution in [1.82, 2.24) is 23.6 Å². The summed E-state index contributed by atoms with van der Waals surface area (Å²) in [5.74, 6) is 2.28. The highest BCUT2D eigenvalue weighted by Gasteiger charge is 2.15. The van der Waals surface area contributed by atoms with E-state index in [0.717, 1.165) is 29.9 Å². The number of imidazole rings is 1. The van der Waals surface area contributed by atoms with Crippen molar-refractivity contribution in [3.05, 3.63) is 57.0 Å². The van der Waals surface area contributed by atoms with Gasteiger partial charge in [-0.3, -0.25) is 23.6 Å². The number of carbonyl (C=O) groups is 1. The molecule has 0 radical (unpaired) electrons. The molecule has 1 fully saturated rings. The van der Waals surface area contributed by atoms with E-state index in [1.807, 2.05) is 30.0 Å². The summed E-state index contributed by atoms with van der Waals surface area (Å²) in [4.78, 5) is 43.7. The Morgan fingerprint density at radius 1 is 1.16 bits per heavy atom. The summed E-state index contributed by atoms with van der Waals surface area (Å²) in [6.45, 7) is 3.56. The van der Waals surface area contributed by atoms with Gasteiger partial charge in [-0.2, -0.15) is 11.8 Å². The van der Waals surface area contributed by atoms with Crippen molar-refractivity contribution in [3.63, 3.8) is 0 Å². The van der Waals surface area contributed by atoms with E-state index >= 15 is 0 Å². The molecule has 9 nitrogen and oxygen atoms in total. The second kappa shape index (κ2) is 9.74. The fraction of sp³-hybridized carbons (Fsp3) is 0.455. The molecule has 170 valence electrons. The number of nitrogens with zero attached hydrogens (tertiary/aromatic N) is 5. The highest BCUT2D eigenvalue weighted by Crippen LogP contribution is 2.16. The zero-order chi connectivity index (χ0) is 22.7. The zero-order valence-electron chi connectivity index (χ0n) is 18.4. The molecule has 1 aliphatic rings. The molecule has 1 amide bonds. The Morgan fingerprint density at radius 2 is 1.94 bits per heavy atom. The fourth-order valence-electron chi connectivity index (χ4n) is 3.96. The molecule has 3 aromatic rings. The number of hydrogen-bond donors (Lipinski definition) is 1. The van der Waals surface area contributed by atoms with Crippen LogP contribution in [0, 0.1) is 0 Å². The van der Waals surface area contributed by atoms with Crippen molar-refractivity contribution in [1.29, 1.82) is 0 Å². The van der Waals surface area contributed by atoms with Crippen molar-refractivity contribution >= 4 is 34.5 Å². The van der Waals surface area contributed by atoms with E-state index in [-0.39, 0.29) is 11.5 Å². The molecule has 0 saturated carbocycles. The zero-order valence-corrected chi connectivity index (χ0v) is 19.2. The number of benzene rings is 1. The van der Waals surface area contributed by atoms with Gasteiger partial charge in [0.1, 0.15) is 0 Å². The Bertz CT molecular complexity index is 1240. The molecule has 10 heteroatoms. The van der Waals surface area contributed by atoms with Gasteiger partial charge in [-0.1, -0.05) is 12.1 Å². The van der Waals surface area contributed by atoms with Crippen molar-refractivity contribution in [2.75, 3.05) is 29.9 Å². The number of thioether (sulfide) groups is 1. The van der Waals surface area contributed by atoms with E-state index in [4.69, 9.17) is 0 Å². The molecule has 0 aliphatic carbocycles. The van der Waals surface area contributed by atoms with Crippen LogP contribution >= 0.6 is 11.8 Å². The third kappa shape index (κ3) is 4.81. The largest absolute Gasteiger partial charge is 0.332 e. The average Bonchev–Trinajstić information content (AvgIpc) is 3.21. The number of anilines is 1. The van der Waals surface area contributed by atoms with E-state index in [0.29, 0.717) is 30.6 Å². The lowest BCUT2D eigenvalue weighted by Gasteiger charge is -2.26. The lowest BCUT2D eigenvalue weighted by molar-refractivity contribution is -0.116. The maximum Gasteiger partial charge on any atom is 0.332 e. The quantitative estimate of drug-likeness (QED) is 0.578. The molecule has 2 aromatic heterocycles. The number of rotatable bonds is 7. The lowest BCUT2D eigenvalue weighted by Crippen LogP contribution is -2.37. The van der Waals surface area contributed by atoms with E-state index in [1.165, 1.54) is 28.7 Å². The predicted molar refractivity (Wildman–Crippen MR) is 127 cm³/mol. The van der Waals surface area contributed by atoms with Crippen LogP contribution in [0.5, 0.6) is 0 Å². The maximum atomic E-state index is 12.5. The Labute approximate surface area is 190 Å². The van der Waals surface area contributed by atoms with E-state index in [1.54, 1.807) is 17.9 Å². The number of aryl methyl sites for hydroxylation is 2. The molecule has 0 unspecified atom stereocenters. The van der Waals surface area contributed by atoms with Crippen LogP contribution in [0.1, 0.15) is 18.4 Å². The minimum atomic E-state index is -0.409. The summed E-state index contributed by atoms with van der Waals surface area (Å²) >= 11 is 1.99. The fourth-order valence-corrected chi connectivity index (χ4v) is 4.94. The molecule has 0 atom stereocenters. The summed E-state index contributed by atoms with van der Waals surface area (Å²) in [6.07, 6.45) is 2.42. The third-order valence-corrected chi connectivity index (χ3v) is 6.68. The first-order valence-electron chi connectivity index (χ1n) is 10.7. The Morgan fingerprint density at radius 3 is 2.72 bits per heavy atom. The Kier molecular flexibility index (Phi) is 6.80. The number of nitrogens with one attached hydrogen (secondary N) is 1. The second-order valence-corrected chi connectivity index (χ2v) is 9.28. The van der Waals surface area contributed by atoms with Crippen LogP contribution in [-0.4, -0.2) is 54.1 Å². The summed E-state index contributed by atoms with van der Waals surface area (Å²) in [6, 6.07) is 8.00. The normalized spacial score (nSPS) is 14.7. The first-order chi connectivity index (χ1) is 15.4. The second-order valence-electron chi connectivity index (χ2n) is 8.06. The summed E-state index contributed by atoms with van der Waals surface area (Å²) in [5.41, 5.74) is 1.94. The van der Waals surface area contributed by atoms with Crippen LogP contribution in [0.25, 0.3) is 11.2 Å². The van der Waals surface area contributed by atoms with Gasteiger partial charge in [-0.05, 0) is 24.1 Å². The molecule has 1 aromatic carbocycles. The third-order valence-electron chi connectivity index (χ3n) is 5.74. The number of carbonyl (C=O) groups excluding carboxylic acids is 1. The Hall–Kier alpha value is -2.85. The van der Waals surface area contributed by atoms with Crippen LogP contribution in [0.3, 0.4) is 0 Å². The minimum absolute atomic E-state index is 0.0683. The number of hydrogen-bond acceptors (Lipinski definition) is 6. The van der Waals surface area contributed by atoms with Crippen LogP contribution in [0.4, 0.5) is 5.69 Å². The minimum Gasteiger partial charge on any atom is -0.326 e. The van der Waals surface area contributed by atoms with Crippen LogP contribution in [0.2, 0.25) is 0 Å². The number of amides is 1. The van der Waals surface area contributed by atoms with Gasteiger partial charge in [0.15, 0.2) is 11.2 Å². The maximum absolute atomic E-state index is 12.5. The van der Waals surface area contributed by atoms with E-state index in [2.05, 4.69) is 21.3 Å².